The van der Waals surface area contributed by atoms with Gasteiger partial charge < -0.3 is 4.74 Å². The predicted molar refractivity (Wildman–Crippen MR) is 52.4 cm³/mol. The highest BCUT2D eigenvalue weighted by molar-refractivity contribution is 5.77. The summed E-state index contributed by atoms with van der Waals surface area (Å²) in [5, 5.41) is 0. The molecule has 13 heavy (non-hydrogen) atoms. The highest BCUT2D eigenvalue weighted by Gasteiger charge is 2.39. The maximum absolute atomic E-state index is 11.5. The Balaban J connectivity index is 2.56. The van der Waals surface area contributed by atoms with Crippen LogP contribution in [-0.2, 0) is 9.53 Å². The zero-order valence-corrected chi connectivity index (χ0v) is 8.93. The lowest BCUT2D eigenvalue weighted by molar-refractivity contribution is -0.165. The maximum Gasteiger partial charge on any atom is 0.311 e. The molecule has 0 aromatic heterocycles. The molecule has 1 fully saturated rings. The van der Waals surface area contributed by atoms with Crippen molar-refractivity contribution >= 4 is 5.97 Å². The Labute approximate surface area is 80.7 Å². The molecule has 2 heteroatoms. The van der Waals surface area contributed by atoms with E-state index in [0.29, 0.717) is 12.5 Å². The van der Waals surface area contributed by atoms with Gasteiger partial charge in [0.25, 0.3) is 0 Å². The Morgan fingerprint density at radius 2 is 2.31 bits per heavy atom. The third kappa shape index (κ3) is 2.45. The van der Waals surface area contributed by atoms with Gasteiger partial charge in [-0.3, -0.25) is 4.79 Å². The van der Waals surface area contributed by atoms with Crippen LogP contribution >= 0.6 is 0 Å². The topological polar surface area (TPSA) is 26.3 Å². The lowest BCUT2D eigenvalue weighted by atomic mass is 9.76. The first-order valence-corrected chi connectivity index (χ1v) is 5.25. The third-order valence-electron chi connectivity index (χ3n) is 2.87. The molecule has 0 spiro atoms. The number of carbonyl (C=O) groups excluding carboxylic acids is 1. The fourth-order valence-electron chi connectivity index (χ4n) is 2.07. The van der Waals surface area contributed by atoms with E-state index in [2.05, 4.69) is 13.8 Å². The van der Waals surface area contributed by atoms with Gasteiger partial charge in [-0.15, -0.1) is 0 Å². The minimum absolute atomic E-state index is 0.0130. The van der Waals surface area contributed by atoms with Crippen molar-refractivity contribution in [2.24, 2.45) is 11.3 Å². The monoisotopic (exact) mass is 184 g/mol. The minimum Gasteiger partial charge on any atom is -0.465 e. The molecule has 0 amide bonds. The van der Waals surface area contributed by atoms with Gasteiger partial charge in [-0.2, -0.15) is 0 Å². The summed E-state index contributed by atoms with van der Waals surface area (Å²) >= 11 is 0. The van der Waals surface area contributed by atoms with E-state index in [4.69, 9.17) is 4.74 Å². The zero-order chi connectivity index (χ0) is 9.90. The fourth-order valence-corrected chi connectivity index (χ4v) is 2.07. The number of cyclic esters (lactones) is 1. The number of rotatable bonds is 3. The Morgan fingerprint density at radius 3 is 2.92 bits per heavy atom. The van der Waals surface area contributed by atoms with Gasteiger partial charge in [0.15, 0.2) is 0 Å². The summed E-state index contributed by atoms with van der Waals surface area (Å²) in [6.45, 7) is 6.96. The van der Waals surface area contributed by atoms with Gasteiger partial charge >= 0.3 is 5.97 Å². The maximum atomic E-state index is 11.5. The van der Waals surface area contributed by atoms with Crippen molar-refractivity contribution in [2.75, 3.05) is 6.61 Å². The lowest BCUT2D eigenvalue weighted by Crippen LogP contribution is -2.38. The van der Waals surface area contributed by atoms with Gasteiger partial charge in [0.1, 0.15) is 0 Å². The van der Waals surface area contributed by atoms with Crippen LogP contribution in [0.2, 0.25) is 0 Å². The summed E-state index contributed by atoms with van der Waals surface area (Å²) in [6, 6.07) is 0. The van der Waals surface area contributed by atoms with Crippen molar-refractivity contribution in [1.82, 2.24) is 0 Å². The summed E-state index contributed by atoms with van der Waals surface area (Å²) < 4.78 is 5.16. The molecular formula is C11H20O2. The van der Waals surface area contributed by atoms with Crippen molar-refractivity contribution in [2.45, 2.75) is 46.5 Å². The molecule has 1 heterocycles. The average molecular weight is 184 g/mol. The molecule has 0 N–H and O–H groups in total. The molecular weight excluding hydrogens is 164 g/mol. The summed E-state index contributed by atoms with van der Waals surface area (Å²) in [7, 11) is 0. The van der Waals surface area contributed by atoms with E-state index >= 15 is 0 Å². The van der Waals surface area contributed by atoms with E-state index < -0.39 is 0 Å². The lowest BCUT2D eigenvalue weighted by Gasteiger charge is -2.34. The van der Waals surface area contributed by atoms with Gasteiger partial charge in [0.2, 0.25) is 0 Å². The number of ether oxygens (including phenoxy) is 1. The van der Waals surface area contributed by atoms with Crippen molar-refractivity contribution in [1.29, 1.82) is 0 Å². The molecule has 0 saturated carbocycles. The van der Waals surface area contributed by atoms with Crippen LogP contribution in [0, 0.1) is 11.3 Å². The summed E-state index contributed by atoms with van der Waals surface area (Å²) in [5.74, 6) is 0.540. The van der Waals surface area contributed by atoms with Crippen LogP contribution in [0.25, 0.3) is 0 Å². The number of carbonyl (C=O) groups is 1. The van der Waals surface area contributed by atoms with Crippen LogP contribution in [-0.4, -0.2) is 12.6 Å². The first-order valence-electron chi connectivity index (χ1n) is 5.25. The van der Waals surface area contributed by atoms with Gasteiger partial charge in [-0.05, 0) is 25.7 Å². The van der Waals surface area contributed by atoms with E-state index in [0.717, 1.165) is 25.7 Å². The largest absolute Gasteiger partial charge is 0.465 e. The first kappa shape index (κ1) is 10.6. The Morgan fingerprint density at radius 1 is 1.62 bits per heavy atom. The Hall–Kier alpha value is -0.530. The quantitative estimate of drug-likeness (QED) is 0.630. The van der Waals surface area contributed by atoms with Crippen molar-refractivity contribution in [3.05, 3.63) is 0 Å². The van der Waals surface area contributed by atoms with Crippen LogP contribution in [0.1, 0.15) is 46.5 Å². The molecule has 1 saturated heterocycles. The van der Waals surface area contributed by atoms with E-state index in [1.165, 1.54) is 0 Å². The predicted octanol–water partition coefficient (Wildman–Crippen LogP) is 2.77. The van der Waals surface area contributed by atoms with Gasteiger partial charge in [-0.25, -0.2) is 0 Å². The molecule has 0 radical (unpaired) electrons. The molecule has 2 nitrogen and oxygen atoms in total. The fraction of sp³-hybridized carbons (Fsp3) is 0.909. The highest BCUT2D eigenvalue weighted by atomic mass is 16.5. The van der Waals surface area contributed by atoms with Crippen LogP contribution in [0.15, 0.2) is 0 Å². The number of esters is 1. The molecule has 1 aliphatic heterocycles. The Kier molecular flexibility index (Phi) is 3.34. The molecule has 2 atom stereocenters. The van der Waals surface area contributed by atoms with Crippen LogP contribution < -0.4 is 0 Å². The molecule has 0 aromatic carbocycles. The molecule has 1 aliphatic rings. The van der Waals surface area contributed by atoms with E-state index in [9.17, 15) is 4.79 Å². The number of hydrogen-bond donors (Lipinski definition) is 0. The smallest absolute Gasteiger partial charge is 0.311 e. The van der Waals surface area contributed by atoms with Gasteiger partial charge in [-0.1, -0.05) is 26.7 Å². The standard InChI is InChI=1S/C11H20O2/c1-4-5-6-11(3)7-9(2)8-13-10(11)12/h9H,4-8H2,1-3H3. The second kappa shape index (κ2) is 4.12. The van der Waals surface area contributed by atoms with Crippen molar-refractivity contribution in [3.8, 4) is 0 Å². The molecule has 1 rings (SSSR count). The third-order valence-corrected chi connectivity index (χ3v) is 2.87. The molecule has 76 valence electrons. The van der Waals surface area contributed by atoms with Gasteiger partial charge in [0, 0.05) is 0 Å². The Bertz CT molecular complexity index is 189. The van der Waals surface area contributed by atoms with Crippen LogP contribution in [0.5, 0.6) is 0 Å². The summed E-state index contributed by atoms with van der Waals surface area (Å²) in [4.78, 5) is 11.5. The molecule has 2 unspecified atom stereocenters. The minimum atomic E-state index is -0.201. The van der Waals surface area contributed by atoms with Crippen LogP contribution in [0.4, 0.5) is 0 Å². The molecule has 0 aliphatic carbocycles. The van der Waals surface area contributed by atoms with E-state index in [-0.39, 0.29) is 11.4 Å². The van der Waals surface area contributed by atoms with Crippen molar-refractivity contribution < 1.29 is 9.53 Å². The second-order valence-corrected chi connectivity index (χ2v) is 4.57. The van der Waals surface area contributed by atoms with E-state index in [1.807, 2.05) is 6.92 Å². The number of unbranched alkanes of at least 4 members (excludes halogenated alkanes) is 1. The molecule has 0 aromatic rings. The highest BCUT2D eigenvalue weighted by Crippen LogP contribution is 2.36. The first-order chi connectivity index (χ1) is 6.08. The summed E-state index contributed by atoms with van der Waals surface area (Å²) in [6.07, 6.45) is 4.24. The average Bonchev–Trinajstić information content (AvgIpc) is 2.09. The zero-order valence-electron chi connectivity index (χ0n) is 8.93. The van der Waals surface area contributed by atoms with Crippen molar-refractivity contribution in [3.63, 3.8) is 0 Å². The van der Waals surface area contributed by atoms with Gasteiger partial charge in [0.05, 0.1) is 12.0 Å². The normalized spacial score (nSPS) is 34.4. The molecule has 0 bridgehead atoms. The van der Waals surface area contributed by atoms with Crippen LogP contribution in [0.3, 0.4) is 0 Å². The summed E-state index contributed by atoms with van der Waals surface area (Å²) in [5.41, 5.74) is -0.201. The number of hydrogen-bond acceptors (Lipinski definition) is 2. The second-order valence-electron chi connectivity index (χ2n) is 4.57. The SMILES string of the molecule is CCCCC1(C)CC(C)COC1=O. The van der Waals surface area contributed by atoms with E-state index in [1.54, 1.807) is 0 Å².